The van der Waals surface area contributed by atoms with Gasteiger partial charge in [-0.15, -0.1) is 11.8 Å². The number of nitrogens with zero attached hydrogens (tertiary/aromatic N) is 2. The van der Waals surface area contributed by atoms with Crippen molar-refractivity contribution < 1.29 is 4.79 Å². The Morgan fingerprint density at radius 3 is 3.22 bits per heavy atom. The van der Waals surface area contributed by atoms with Crippen LogP contribution in [0.3, 0.4) is 0 Å². The van der Waals surface area contributed by atoms with Crippen molar-refractivity contribution in [3.8, 4) is 0 Å². The predicted molar refractivity (Wildman–Crippen MR) is 72.6 cm³/mol. The molecule has 2 aromatic rings. The van der Waals surface area contributed by atoms with Gasteiger partial charge in [0.2, 0.25) is 6.41 Å². The number of carbonyl (C=O) groups is 1. The van der Waals surface area contributed by atoms with E-state index in [2.05, 4.69) is 22.3 Å². The minimum atomic E-state index is 0.115. The first kappa shape index (κ1) is 11.6. The van der Waals surface area contributed by atoms with Crippen molar-refractivity contribution >= 4 is 29.2 Å². The first-order valence-corrected chi connectivity index (χ1v) is 7.29. The molecule has 4 nitrogen and oxygen atoms in total. The van der Waals surface area contributed by atoms with E-state index in [9.17, 15) is 4.79 Å². The summed E-state index contributed by atoms with van der Waals surface area (Å²) in [5.41, 5.74) is 2.06. The molecule has 18 heavy (non-hydrogen) atoms. The van der Waals surface area contributed by atoms with Crippen LogP contribution >= 0.6 is 11.8 Å². The Bertz CT molecular complexity index is 581. The Morgan fingerprint density at radius 2 is 2.44 bits per heavy atom. The molecule has 5 heteroatoms. The molecular formula is C13H15N3OS. The quantitative estimate of drug-likeness (QED) is 0.682. The summed E-state index contributed by atoms with van der Waals surface area (Å²) in [5, 5.41) is 0. The van der Waals surface area contributed by atoms with Crippen LogP contribution in [0.5, 0.6) is 0 Å². The summed E-state index contributed by atoms with van der Waals surface area (Å²) >= 11 is 1.70. The number of aromatic nitrogens is 2. The maximum atomic E-state index is 11.0. The molecule has 1 fully saturated rings. The van der Waals surface area contributed by atoms with Crippen LogP contribution in [-0.4, -0.2) is 34.1 Å². The second-order valence-corrected chi connectivity index (χ2v) is 5.33. The van der Waals surface area contributed by atoms with Gasteiger partial charge in [-0.2, -0.15) is 0 Å². The third kappa shape index (κ3) is 1.79. The zero-order chi connectivity index (χ0) is 12.5. The van der Waals surface area contributed by atoms with E-state index >= 15 is 0 Å². The zero-order valence-corrected chi connectivity index (χ0v) is 11.0. The maximum Gasteiger partial charge on any atom is 0.210 e. The van der Waals surface area contributed by atoms with Crippen molar-refractivity contribution in [1.82, 2.24) is 14.9 Å². The van der Waals surface area contributed by atoms with E-state index in [0.29, 0.717) is 0 Å². The molecule has 1 aliphatic rings. The molecule has 0 saturated carbocycles. The second-order valence-electron chi connectivity index (χ2n) is 4.48. The summed E-state index contributed by atoms with van der Waals surface area (Å²) in [7, 11) is 0. The highest BCUT2D eigenvalue weighted by Crippen LogP contribution is 2.32. The average Bonchev–Trinajstić information content (AvgIpc) is 3.03. The van der Waals surface area contributed by atoms with Gasteiger partial charge < -0.3 is 9.88 Å². The fourth-order valence-corrected chi connectivity index (χ4v) is 3.12. The molecule has 2 heterocycles. The van der Waals surface area contributed by atoms with Crippen LogP contribution < -0.4 is 0 Å². The summed E-state index contributed by atoms with van der Waals surface area (Å²) in [6, 6.07) is 6.25. The minimum Gasteiger partial charge on any atom is -0.340 e. The highest BCUT2D eigenvalue weighted by atomic mass is 32.2. The number of H-pyrrole nitrogens is 1. The van der Waals surface area contributed by atoms with Crippen molar-refractivity contribution in [3.05, 3.63) is 24.0 Å². The van der Waals surface area contributed by atoms with E-state index in [0.717, 1.165) is 42.7 Å². The number of carbonyl (C=O) groups excluding carboxylic acids is 1. The minimum absolute atomic E-state index is 0.115. The molecule has 1 saturated heterocycles. The summed E-state index contributed by atoms with van der Waals surface area (Å²) < 4.78 is 0. The van der Waals surface area contributed by atoms with E-state index in [1.807, 2.05) is 17.0 Å². The molecule has 0 bridgehead atoms. The lowest BCUT2D eigenvalue weighted by molar-refractivity contribution is -0.119. The largest absolute Gasteiger partial charge is 0.340 e. The number of fused-ring (bicyclic) bond motifs is 1. The SMILES string of the molecule is CSc1cccc2[nH]c([C@@H]3CCCN3C=O)nc12. The molecule has 1 N–H and O–H groups in total. The number of para-hydroxylation sites is 1. The summed E-state index contributed by atoms with van der Waals surface area (Å²) in [5.74, 6) is 0.913. The molecule has 1 aromatic heterocycles. The lowest BCUT2D eigenvalue weighted by atomic mass is 10.2. The van der Waals surface area contributed by atoms with Crippen LogP contribution in [0.2, 0.25) is 0 Å². The highest BCUT2D eigenvalue weighted by molar-refractivity contribution is 7.98. The van der Waals surface area contributed by atoms with Crippen LogP contribution in [0.4, 0.5) is 0 Å². The molecule has 0 unspecified atom stereocenters. The van der Waals surface area contributed by atoms with Gasteiger partial charge in [0.15, 0.2) is 0 Å². The highest BCUT2D eigenvalue weighted by Gasteiger charge is 2.27. The molecule has 94 valence electrons. The Hall–Kier alpha value is -1.49. The molecule has 1 aliphatic heterocycles. The third-order valence-corrected chi connectivity index (χ3v) is 4.23. The van der Waals surface area contributed by atoms with Gasteiger partial charge in [0.25, 0.3) is 0 Å². The normalized spacial score (nSPS) is 19.6. The van der Waals surface area contributed by atoms with Gasteiger partial charge in [-0.05, 0) is 31.2 Å². The number of amides is 1. The van der Waals surface area contributed by atoms with Gasteiger partial charge in [-0.3, -0.25) is 4.79 Å². The molecule has 3 rings (SSSR count). The molecular weight excluding hydrogens is 246 g/mol. The number of nitrogens with one attached hydrogen (secondary N) is 1. The Balaban J connectivity index is 2.05. The zero-order valence-electron chi connectivity index (χ0n) is 10.2. The Labute approximate surface area is 110 Å². The van der Waals surface area contributed by atoms with Crippen LogP contribution in [0.15, 0.2) is 23.1 Å². The van der Waals surface area contributed by atoms with Gasteiger partial charge in [-0.25, -0.2) is 4.98 Å². The standard InChI is InChI=1S/C13H15N3OS/c1-18-11-6-2-4-9-12(11)15-13(14-9)10-5-3-7-16(10)8-17/h2,4,6,8,10H,3,5,7H2,1H3,(H,14,15)/t10-/m0/s1. The monoisotopic (exact) mass is 261 g/mol. The number of likely N-dealkylation sites (tertiary alicyclic amines) is 1. The molecule has 0 aliphatic carbocycles. The predicted octanol–water partition coefficient (Wildman–Crippen LogP) is 2.58. The molecule has 1 aromatic carbocycles. The number of rotatable bonds is 3. The van der Waals surface area contributed by atoms with E-state index < -0.39 is 0 Å². The number of hydrogen-bond acceptors (Lipinski definition) is 3. The average molecular weight is 261 g/mol. The lowest BCUT2D eigenvalue weighted by Crippen LogP contribution is -2.21. The van der Waals surface area contributed by atoms with Gasteiger partial charge in [0.05, 0.1) is 11.6 Å². The van der Waals surface area contributed by atoms with Gasteiger partial charge in [0, 0.05) is 11.4 Å². The number of thioether (sulfide) groups is 1. The summed E-state index contributed by atoms with van der Waals surface area (Å²) in [6.45, 7) is 0.834. The molecule has 1 atom stereocenters. The van der Waals surface area contributed by atoms with Crippen molar-refractivity contribution in [1.29, 1.82) is 0 Å². The summed E-state index contributed by atoms with van der Waals surface area (Å²) in [6.07, 6.45) is 5.03. The van der Waals surface area contributed by atoms with Crippen molar-refractivity contribution in [2.75, 3.05) is 12.8 Å². The van der Waals surface area contributed by atoms with Crippen LogP contribution in [0.25, 0.3) is 11.0 Å². The topological polar surface area (TPSA) is 49.0 Å². The molecule has 1 amide bonds. The number of aromatic amines is 1. The molecule has 0 spiro atoms. The van der Waals surface area contributed by atoms with Gasteiger partial charge in [0.1, 0.15) is 11.3 Å². The van der Waals surface area contributed by atoms with Crippen LogP contribution in [-0.2, 0) is 4.79 Å². The van der Waals surface area contributed by atoms with E-state index in [1.165, 1.54) is 4.90 Å². The number of benzene rings is 1. The van der Waals surface area contributed by atoms with Crippen molar-refractivity contribution in [2.24, 2.45) is 0 Å². The number of hydrogen-bond donors (Lipinski definition) is 1. The van der Waals surface area contributed by atoms with E-state index in [4.69, 9.17) is 0 Å². The van der Waals surface area contributed by atoms with E-state index in [-0.39, 0.29) is 6.04 Å². The van der Waals surface area contributed by atoms with E-state index in [1.54, 1.807) is 11.8 Å². The van der Waals surface area contributed by atoms with Crippen LogP contribution in [0.1, 0.15) is 24.7 Å². The maximum absolute atomic E-state index is 11.0. The second kappa shape index (κ2) is 4.65. The fraction of sp³-hybridized carbons (Fsp3) is 0.385. The smallest absolute Gasteiger partial charge is 0.210 e. The Morgan fingerprint density at radius 1 is 1.56 bits per heavy atom. The van der Waals surface area contributed by atoms with Gasteiger partial charge >= 0.3 is 0 Å². The first-order chi connectivity index (χ1) is 8.83. The van der Waals surface area contributed by atoms with Crippen molar-refractivity contribution in [2.45, 2.75) is 23.8 Å². The number of imidazole rings is 1. The fourth-order valence-electron chi connectivity index (χ4n) is 2.56. The molecule has 0 radical (unpaired) electrons. The van der Waals surface area contributed by atoms with Gasteiger partial charge in [-0.1, -0.05) is 6.07 Å². The Kier molecular flexibility index (Phi) is 2.99. The summed E-state index contributed by atoms with van der Waals surface area (Å²) in [4.78, 5) is 22.0. The van der Waals surface area contributed by atoms with Crippen molar-refractivity contribution in [3.63, 3.8) is 0 Å². The first-order valence-electron chi connectivity index (χ1n) is 6.07. The van der Waals surface area contributed by atoms with Crippen LogP contribution in [0, 0.1) is 0 Å². The third-order valence-electron chi connectivity index (χ3n) is 3.46. The lowest BCUT2D eigenvalue weighted by Gasteiger charge is -2.17.